The molecule has 2 N–H and O–H groups in total. The highest BCUT2D eigenvalue weighted by molar-refractivity contribution is 6.42. The number of halogens is 5. The number of nitrogens with one attached hydrogen (secondary N) is 2. The Morgan fingerprint density at radius 1 is 1.19 bits per heavy atom. The SMILES string of the molecule is CCOC(=O)c1cc(=O)n(-c2nc(C(F)(F)F)c(Cc3ccc(Cl)c(Cl)c3)c(=O)[nH]2)[nH]1. The summed E-state index contributed by atoms with van der Waals surface area (Å²) in [5.41, 5.74) is -4.24. The summed E-state index contributed by atoms with van der Waals surface area (Å²) >= 11 is 11.7. The first-order valence-corrected chi connectivity index (χ1v) is 9.40. The van der Waals surface area contributed by atoms with Crippen LogP contribution in [0, 0.1) is 0 Å². The highest BCUT2D eigenvalue weighted by atomic mass is 35.5. The molecule has 0 aliphatic carbocycles. The standard InChI is InChI=1S/C18H13Cl2F3N4O4/c1-2-31-16(30)12-7-13(28)27(26-12)17-24-14(18(21,22)23)9(15(29)25-17)5-8-3-4-10(19)11(20)6-8/h3-4,6-7,26H,2,5H2,1H3,(H,24,25,29). The van der Waals surface area contributed by atoms with E-state index < -0.39 is 46.9 Å². The van der Waals surface area contributed by atoms with Crippen molar-refractivity contribution in [2.75, 3.05) is 6.61 Å². The number of esters is 1. The number of benzene rings is 1. The summed E-state index contributed by atoms with van der Waals surface area (Å²) in [5.74, 6) is -1.64. The van der Waals surface area contributed by atoms with Gasteiger partial charge in [0.05, 0.1) is 22.2 Å². The van der Waals surface area contributed by atoms with E-state index in [-0.39, 0.29) is 22.3 Å². The van der Waals surface area contributed by atoms with Gasteiger partial charge in [0.1, 0.15) is 5.69 Å². The van der Waals surface area contributed by atoms with Crippen LogP contribution in [-0.2, 0) is 17.3 Å². The molecule has 0 saturated carbocycles. The lowest BCUT2D eigenvalue weighted by Gasteiger charge is -2.13. The van der Waals surface area contributed by atoms with Gasteiger partial charge in [-0.15, -0.1) is 0 Å². The minimum Gasteiger partial charge on any atom is -0.461 e. The summed E-state index contributed by atoms with van der Waals surface area (Å²) in [6, 6.07) is 4.95. The Labute approximate surface area is 181 Å². The van der Waals surface area contributed by atoms with Crippen LogP contribution in [0.1, 0.15) is 34.2 Å². The highest BCUT2D eigenvalue weighted by Gasteiger charge is 2.37. The average Bonchev–Trinajstić information content (AvgIpc) is 3.07. The lowest BCUT2D eigenvalue weighted by atomic mass is 10.0. The van der Waals surface area contributed by atoms with Crippen LogP contribution < -0.4 is 11.1 Å². The fraction of sp³-hybridized carbons (Fsp3) is 0.222. The quantitative estimate of drug-likeness (QED) is 0.548. The fourth-order valence-corrected chi connectivity index (χ4v) is 3.03. The van der Waals surface area contributed by atoms with E-state index >= 15 is 0 Å². The molecular formula is C18H13Cl2F3N4O4. The number of carbonyl (C=O) groups excluding carboxylic acids is 1. The summed E-state index contributed by atoms with van der Waals surface area (Å²) in [7, 11) is 0. The third-order valence-corrected chi connectivity index (χ3v) is 4.80. The second-order valence-electron chi connectivity index (χ2n) is 6.20. The van der Waals surface area contributed by atoms with E-state index in [0.29, 0.717) is 10.2 Å². The van der Waals surface area contributed by atoms with Crippen molar-refractivity contribution in [1.29, 1.82) is 0 Å². The zero-order valence-electron chi connectivity index (χ0n) is 15.6. The molecule has 0 bridgehead atoms. The van der Waals surface area contributed by atoms with Gasteiger partial charge >= 0.3 is 12.1 Å². The third kappa shape index (κ3) is 4.83. The van der Waals surface area contributed by atoms with Crippen molar-refractivity contribution in [3.63, 3.8) is 0 Å². The summed E-state index contributed by atoms with van der Waals surface area (Å²) < 4.78 is 46.2. The van der Waals surface area contributed by atoms with Gasteiger partial charge in [-0.1, -0.05) is 29.3 Å². The molecule has 0 amide bonds. The maximum atomic E-state index is 13.7. The number of hydrogen-bond acceptors (Lipinski definition) is 5. The van der Waals surface area contributed by atoms with Crippen molar-refractivity contribution < 1.29 is 22.7 Å². The molecule has 2 heterocycles. The number of ether oxygens (including phenoxy) is 1. The van der Waals surface area contributed by atoms with Crippen LogP contribution in [0.5, 0.6) is 0 Å². The van der Waals surface area contributed by atoms with Gasteiger partial charge in [-0.05, 0) is 24.6 Å². The molecule has 164 valence electrons. The van der Waals surface area contributed by atoms with Gasteiger partial charge in [-0.2, -0.15) is 17.9 Å². The molecule has 0 fully saturated rings. The number of hydrogen-bond donors (Lipinski definition) is 2. The number of aromatic amines is 2. The van der Waals surface area contributed by atoms with Gasteiger partial charge in [0.2, 0.25) is 5.95 Å². The predicted molar refractivity (Wildman–Crippen MR) is 105 cm³/mol. The van der Waals surface area contributed by atoms with Gasteiger partial charge in [-0.3, -0.25) is 19.7 Å². The maximum Gasteiger partial charge on any atom is 0.433 e. The predicted octanol–water partition coefficient (Wildman–Crippen LogP) is 3.34. The molecule has 0 unspecified atom stereocenters. The van der Waals surface area contributed by atoms with Crippen LogP contribution in [0.4, 0.5) is 13.2 Å². The van der Waals surface area contributed by atoms with E-state index in [4.69, 9.17) is 27.9 Å². The smallest absolute Gasteiger partial charge is 0.433 e. The molecule has 0 aliphatic rings. The lowest BCUT2D eigenvalue weighted by Crippen LogP contribution is -2.28. The molecule has 0 spiro atoms. The largest absolute Gasteiger partial charge is 0.461 e. The zero-order valence-corrected chi connectivity index (χ0v) is 17.2. The van der Waals surface area contributed by atoms with Crippen molar-refractivity contribution in [1.82, 2.24) is 19.7 Å². The number of carbonyl (C=O) groups is 1. The van der Waals surface area contributed by atoms with E-state index in [1.54, 1.807) is 0 Å². The van der Waals surface area contributed by atoms with Gasteiger partial charge in [0.15, 0.2) is 5.69 Å². The molecule has 0 aliphatic heterocycles. The van der Waals surface area contributed by atoms with Crippen molar-refractivity contribution in [3.8, 4) is 5.95 Å². The van der Waals surface area contributed by atoms with Gasteiger partial charge < -0.3 is 4.74 Å². The van der Waals surface area contributed by atoms with Crippen LogP contribution in [0.25, 0.3) is 5.95 Å². The maximum absolute atomic E-state index is 13.7. The van der Waals surface area contributed by atoms with Crippen molar-refractivity contribution in [2.45, 2.75) is 19.5 Å². The number of rotatable bonds is 5. The number of aromatic nitrogens is 4. The van der Waals surface area contributed by atoms with Crippen molar-refractivity contribution >= 4 is 29.2 Å². The Bertz CT molecular complexity index is 1260. The molecule has 3 rings (SSSR count). The molecule has 0 radical (unpaired) electrons. The fourth-order valence-electron chi connectivity index (χ4n) is 2.71. The first-order valence-electron chi connectivity index (χ1n) is 8.65. The third-order valence-electron chi connectivity index (χ3n) is 4.06. The van der Waals surface area contributed by atoms with Crippen LogP contribution in [0.15, 0.2) is 33.9 Å². The molecule has 8 nitrogen and oxygen atoms in total. The highest BCUT2D eigenvalue weighted by Crippen LogP contribution is 2.31. The van der Waals surface area contributed by atoms with E-state index in [1.807, 2.05) is 0 Å². The molecule has 0 saturated heterocycles. The summed E-state index contributed by atoms with van der Waals surface area (Å²) in [6.07, 6.45) is -5.45. The van der Waals surface area contributed by atoms with E-state index in [2.05, 4.69) is 15.1 Å². The Morgan fingerprint density at radius 3 is 2.52 bits per heavy atom. The summed E-state index contributed by atoms with van der Waals surface area (Å²) in [6.45, 7) is 1.55. The Morgan fingerprint density at radius 2 is 1.90 bits per heavy atom. The van der Waals surface area contributed by atoms with Crippen LogP contribution in [-0.4, -0.2) is 32.3 Å². The van der Waals surface area contributed by atoms with Crippen LogP contribution >= 0.6 is 23.2 Å². The van der Waals surface area contributed by atoms with Crippen LogP contribution in [0.3, 0.4) is 0 Å². The Balaban J connectivity index is 2.11. The summed E-state index contributed by atoms with van der Waals surface area (Å²) in [4.78, 5) is 41.9. The van der Waals surface area contributed by atoms with Crippen molar-refractivity contribution in [2.24, 2.45) is 0 Å². The summed E-state index contributed by atoms with van der Waals surface area (Å²) in [5, 5.41) is 2.58. The van der Waals surface area contributed by atoms with Gasteiger partial charge in [-0.25, -0.2) is 9.78 Å². The van der Waals surface area contributed by atoms with E-state index in [0.717, 1.165) is 6.07 Å². The molecule has 13 heteroatoms. The molecule has 0 atom stereocenters. The Kier molecular flexibility index (Phi) is 6.27. The zero-order chi connectivity index (χ0) is 22.9. The number of alkyl halides is 3. The molecule has 3 aromatic rings. The minimum atomic E-state index is -5.01. The second kappa shape index (κ2) is 8.60. The first-order chi connectivity index (χ1) is 14.5. The molecule has 31 heavy (non-hydrogen) atoms. The van der Waals surface area contributed by atoms with Gasteiger partial charge in [0, 0.05) is 12.5 Å². The monoisotopic (exact) mass is 476 g/mol. The lowest BCUT2D eigenvalue weighted by molar-refractivity contribution is -0.142. The van der Waals surface area contributed by atoms with E-state index in [9.17, 15) is 27.6 Å². The molecular weight excluding hydrogens is 464 g/mol. The number of nitrogens with zero attached hydrogens (tertiary/aromatic N) is 2. The van der Waals surface area contributed by atoms with E-state index in [1.165, 1.54) is 25.1 Å². The number of H-pyrrole nitrogens is 2. The molecule has 1 aromatic carbocycles. The Hall–Kier alpha value is -3.05. The normalized spacial score (nSPS) is 11.5. The first kappa shape index (κ1) is 22.6. The topological polar surface area (TPSA) is 110 Å². The van der Waals surface area contributed by atoms with Gasteiger partial charge in [0.25, 0.3) is 11.1 Å². The minimum absolute atomic E-state index is 0.0166. The molecule has 2 aromatic heterocycles. The second-order valence-corrected chi connectivity index (χ2v) is 7.02. The van der Waals surface area contributed by atoms with Crippen LogP contribution in [0.2, 0.25) is 10.0 Å². The van der Waals surface area contributed by atoms with Crippen molar-refractivity contribution in [3.05, 3.63) is 77.5 Å². The average molecular weight is 477 g/mol.